The maximum Gasteiger partial charge on any atom is 0.0651 e. The molecule has 36 heavy (non-hydrogen) atoms. The Hall–Kier alpha value is 1.08. The van der Waals surface area contributed by atoms with Crippen LogP contribution in [0.15, 0.2) is 63.2 Å². The van der Waals surface area contributed by atoms with Crippen LogP contribution in [0.25, 0.3) is 56.4 Å². The van der Waals surface area contributed by atoms with Crippen molar-refractivity contribution in [2.75, 3.05) is 0 Å². The van der Waals surface area contributed by atoms with Gasteiger partial charge in [0.2, 0.25) is 0 Å². The van der Waals surface area contributed by atoms with Crippen molar-refractivity contribution in [3.8, 4) is 0 Å². The molecule has 0 nitrogen and oxygen atoms in total. The molecule has 4 aromatic carbocycles. The molecule has 7 rings (SSSR count). The Balaban J connectivity index is 1.76. The van der Waals surface area contributed by atoms with Gasteiger partial charge in [-0.25, -0.2) is 0 Å². The van der Waals surface area contributed by atoms with E-state index in [4.69, 9.17) is 0 Å². The van der Waals surface area contributed by atoms with Gasteiger partial charge < -0.3 is 0 Å². The van der Waals surface area contributed by atoms with Gasteiger partial charge in [0.25, 0.3) is 0 Å². The second-order valence-corrected chi connectivity index (χ2v) is 19.2. The van der Waals surface area contributed by atoms with Crippen molar-refractivity contribution in [2.45, 2.75) is 0 Å². The highest BCUT2D eigenvalue weighted by Crippen LogP contribution is 2.52. The lowest BCUT2D eigenvalue weighted by Crippen LogP contribution is -1.80. The standard InChI is InChI=1S/C24H6Br6S6/c25-7-1-13-14(2-8(7)26)32-20-19(31-13)21-23(35-16-4-10(28)9(27)3-15(16)33-21)24-22(20)34-17-5-11(29)12(30)6-18(17)36-24/h1-6H. The summed E-state index contributed by atoms with van der Waals surface area (Å²) in [5.41, 5.74) is 0. The zero-order valence-corrected chi connectivity index (χ0v) is 31.6. The summed E-state index contributed by atoms with van der Waals surface area (Å²) in [6, 6.07) is 13.4. The van der Waals surface area contributed by atoms with E-state index in [0.717, 1.165) is 26.8 Å². The predicted octanol–water partition coefficient (Wildman–Crippen LogP) is 15.2. The lowest BCUT2D eigenvalue weighted by atomic mass is 10.3. The largest absolute Gasteiger partial charge is 0.132 e. The van der Waals surface area contributed by atoms with Crippen molar-refractivity contribution in [1.82, 2.24) is 0 Å². The van der Waals surface area contributed by atoms with Crippen LogP contribution < -0.4 is 0 Å². The van der Waals surface area contributed by atoms with Crippen LogP contribution in [0.4, 0.5) is 0 Å². The first-order valence-electron chi connectivity index (χ1n) is 10.0. The highest BCUT2D eigenvalue weighted by atomic mass is 79.9. The lowest BCUT2D eigenvalue weighted by molar-refractivity contribution is 1.70. The van der Waals surface area contributed by atoms with Gasteiger partial charge in [-0.1, -0.05) is 0 Å². The minimum absolute atomic E-state index is 1.08. The third-order valence-corrected chi connectivity index (χ3v) is 19.2. The zero-order valence-electron chi connectivity index (χ0n) is 17.2. The Labute approximate surface area is 279 Å². The first kappa shape index (κ1) is 26.0. The second-order valence-electron chi connectivity index (χ2n) is 7.73. The van der Waals surface area contributed by atoms with E-state index in [-0.39, 0.29) is 0 Å². The quantitative estimate of drug-likeness (QED) is 0.105. The third kappa shape index (κ3) is 4.32. The molecule has 12 heteroatoms. The van der Waals surface area contributed by atoms with Crippen molar-refractivity contribution in [2.24, 2.45) is 0 Å². The van der Waals surface area contributed by atoms with Gasteiger partial charge in [-0.05, 0) is 132 Å². The number of benzene rings is 4. The van der Waals surface area contributed by atoms with Gasteiger partial charge >= 0.3 is 0 Å². The van der Waals surface area contributed by atoms with Gasteiger partial charge in [0, 0.05) is 55.0 Å². The van der Waals surface area contributed by atoms with Gasteiger partial charge in [0.1, 0.15) is 0 Å². The van der Waals surface area contributed by atoms with E-state index in [1.807, 2.05) is 68.0 Å². The van der Waals surface area contributed by atoms with Crippen molar-refractivity contribution in [3.05, 3.63) is 63.2 Å². The van der Waals surface area contributed by atoms with E-state index in [1.54, 1.807) is 0 Å². The summed E-state index contributed by atoms with van der Waals surface area (Å²) in [7, 11) is 0. The number of halogens is 6. The molecule has 0 unspecified atom stereocenters. The van der Waals surface area contributed by atoms with Crippen molar-refractivity contribution in [3.63, 3.8) is 0 Å². The maximum atomic E-state index is 3.71. The van der Waals surface area contributed by atoms with E-state index in [1.165, 1.54) is 56.4 Å². The number of rotatable bonds is 0. The van der Waals surface area contributed by atoms with Crippen LogP contribution in [0, 0.1) is 0 Å². The Bertz CT molecular complexity index is 1710. The monoisotopic (exact) mass is 959 g/mol. The Morgan fingerprint density at radius 3 is 0.556 bits per heavy atom. The summed E-state index contributed by atoms with van der Waals surface area (Å²) >= 11 is 33.6. The topological polar surface area (TPSA) is 0 Å². The van der Waals surface area contributed by atoms with Crippen LogP contribution in [0.1, 0.15) is 0 Å². The third-order valence-electron chi connectivity index (χ3n) is 5.47. The molecule has 0 bridgehead atoms. The van der Waals surface area contributed by atoms with Crippen molar-refractivity contribution < 1.29 is 0 Å². The molecule has 0 atom stereocenters. The molecule has 3 aromatic heterocycles. The number of hydrogen-bond donors (Lipinski definition) is 0. The molecule has 0 aliphatic carbocycles. The molecule has 0 aliphatic heterocycles. The van der Waals surface area contributed by atoms with Crippen LogP contribution in [0.3, 0.4) is 0 Å². The van der Waals surface area contributed by atoms with Gasteiger partial charge in [0.15, 0.2) is 0 Å². The van der Waals surface area contributed by atoms with Gasteiger partial charge in [-0.3, -0.25) is 0 Å². The smallest absolute Gasteiger partial charge is 0.0651 e. The van der Waals surface area contributed by atoms with Crippen LogP contribution in [-0.4, -0.2) is 0 Å². The molecule has 0 radical (unpaired) electrons. The van der Waals surface area contributed by atoms with Gasteiger partial charge in [-0.15, -0.1) is 68.0 Å². The Morgan fingerprint density at radius 2 is 0.417 bits per heavy atom. The van der Waals surface area contributed by atoms with Crippen molar-refractivity contribution >= 4 is 220 Å². The summed E-state index contributed by atoms with van der Waals surface area (Å²) in [5.74, 6) is 0. The van der Waals surface area contributed by atoms with E-state index in [0.29, 0.717) is 0 Å². The average Bonchev–Trinajstić information content (AvgIpc) is 2.84. The molecule has 0 saturated carbocycles. The SMILES string of the molecule is Brc1cc2sc3c4sc5cc(Br)c(Br)cc5sc4c4sc5cc(Br)c(Br)cc5sc4c3sc2cc1Br. The number of fused-ring (bicyclic) bond motifs is 9. The molecular formula is C24H6Br6S6. The maximum absolute atomic E-state index is 3.71. The molecule has 0 spiro atoms. The normalized spacial score (nSPS) is 12.2. The van der Waals surface area contributed by atoms with Crippen LogP contribution in [0.2, 0.25) is 0 Å². The first-order valence-corrected chi connectivity index (χ1v) is 19.7. The molecule has 0 fully saturated rings. The second kappa shape index (κ2) is 9.87. The van der Waals surface area contributed by atoms with E-state index in [9.17, 15) is 0 Å². The average molecular weight is 966 g/mol. The molecule has 3 heterocycles. The summed E-state index contributed by atoms with van der Waals surface area (Å²) in [4.78, 5) is 0. The zero-order chi connectivity index (χ0) is 24.9. The molecule has 180 valence electrons. The Morgan fingerprint density at radius 1 is 0.278 bits per heavy atom. The molecule has 0 aliphatic rings. The number of hydrogen-bond acceptors (Lipinski definition) is 6. The fourth-order valence-electron chi connectivity index (χ4n) is 3.84. The van der Waals surface area contributed by atoms with Crippen LogP contribution >= 0.6 is 164 Å². The summed E-state index contributed by atoms with van der Waals surface area (Å²) in [5, 5.41) is 0. The van der Waals surface area contributed by atoms with E-state index < -0.39 is 0 Å². The molecule has 7 aromatic rings. The van der Waals surface area contributed by atoms with Crippen LogP contribution in [-0.2, 0) is 0 Å². The summed E-state index contributed by atoms with van der Waals surface area (Å²) in [6.07, 6.45) is 0. The summed E-state index contributed by atoms with van der Waals surface area (Å²) < 4.78 is 22.4. The summed E-state index contributed by atoms with van der Waals surface area (Å²) in [6.45, 7) is 0. The molecule has 0 amide bonds. The highest BCUT2D eigenvalue weighted by molar-refractivity contribution is 9.13. The fourth-order valence-corrected chi connectivity index (χ4v) is 15.1. The van der Waals surface area contributed by atoms with Crippen molar-refractivity contribution in [1.29, 1.82) is 0 Å². The van der Waals surface area contributed by atoms with E-state index in [2.05, 4.69) is 132 Å². The fraction of sp³-hybridized carbons (Fsp3) is 0. The lowest BCUT2D eigenvalue weighted by Gasteiger charge is -2.12. The predicted molar refractivity (Wildman–Crippen MR) is 191 cm³/mol. The van der Waals surface area contributed by atoms with Gasteiger partial charge in [0.05, 0.1) is 28.2 Å². The first-order chi connectivity index (χ1) is 17.3. The highest BCUT2D eigenvalue weighted by Gasteiger charge is 2.18. The van der Waals surface area contributed by atoms with Crippen LogP contribution in [0.5, 0.6) is 0 Å². The van der Waals surface area contributed by atoms with E-state index >= 15 is 0 Å². The molecule has 0 saturated heterocycles. The Kier molecular flexibility index (Phi) is 7.13. The minimum atomic E-state index is 1.08. The minimum Gasteiger partial charge on any atom is -0.132 e. The van der Waals surface area contributed by atoms with Gasteiger partial charge in [-0.2, -0.15) is 0 Å². The molecule has 0 N–H and O–H groups in total. The molecular weight excluding hydrogens is 960 g/mol.